The van der Waals surface area contributed by atoms with Gasteiger partial charge in [0.1, 0.15) is 23.1 Å². The fourth-order valence-corrected chi connectivity index (χ4v) is 7.23. The van der Waals surface area contributed by atoms with Crippen molar-refractivity contribution in [1.29, 1.82) is 0 Å². The fraction of sp³-hybridized carbons (Fsp3) is 0.217. The van der Waals surface area contributed by atoms with Crippen LogP contribution in [-0.2, 0) is 0 Å². The maximum Gasteiger partial charge on any atom is 0.141 e. The molecule has 0 saturated heterocycles. The summed E-state index contributed by atoms with van der Waals surface area (Å²) in [6, 6.07) is 30.9. The summed E-state index contributed by atoms with van der Waals surface area (Å²) in [5.41, 5.74) is 2.67. The van der Waals surface area contributed by atoms with E-state index in [9.17, 15) is 0 Å². The molecule has 2 nitrogen and oxygen atoms in total. The van der Waals surface area contributed by atoms with E-state index in [4.69, 9.17) is 0 Å². The highest BCUT2D eigenvalue weighted by Crippen LogP contribution is 2.55. The summed E-state index contributed by atoms with van der Waals surface area (Å²) >= 11 is 0. The van der Waals surface area contributed by atoms with E-state index in [0.29, 0.717) is 6.17 Å². The number of para-hydroxylation sites is 2. The standard InChI is InChI=1S/C23H26N2P/c1-19-24(2)22-16-10-11-17-23(22)25(19)18-26(3,20-12-6-4-7-13-20)21-14-8-5-9-15-21/h4-17,19H,18H2,1-3H3/q+1. The Kier molecular flexibility index (Phi) is 4.46. The lowest BCUT2D eigenvalue weighted by molar-refractivity contribution is 0.699. The quantitative estimate of drug-likeness (QED) is 0.629. The highest BCUT2D eigenvalue weighted by atomic mass is 31.2. The Labute approximate surface area is 157 Å². The van der Waals surface area contributed by atoms with Gasteiger partial charge in [-0.15, -0.1) is 0 Å². The van der Waals surface area contributed by atoms with Gasteiger partial charge in [-0.05, 0) is 43.3 Å². The number of hydrogen-bond acceptors (Lipinski definition) is 2. The first-order chi connectivity index (χ1) is 12.6. The molecule has 0 fully saturated rings. The van der Waals surface area contributed by atoms with Crippen molar-refractivity contribution in [2.45, 2.75) is 13.1 Å². The highest BCUT2D eigenvalue weighted by Gasteiger charge is 2.43. The third kappa shape index (κ3) is 2.79. The minimum atomic E-state index is -1.54. The van der Waals surface area contributed by atoms with Gasteiger partial charge in [0.25, 0.3) is 0 Å². The van der Waals surface area contributed by atoms with E-state index in [1.807, 2.05) is 0 Å². The monoisotopic (exact) mass is 361 g/mol. The smallest absolute Gasteiger partial charge is 0.141 e. The van der Waals surface area contributed by atoms with E-state index < -0.39 is 7.26 Å². The molecule has 3 aromatic rings. The van der Waals surface area contributed by atoms with Crippen molar-refractivity contribution in [3.63, 3.8) is 0 Å². The van der Waals surface area contributed by atoms with Crippen molar-refractivity contribution in [1.82, 2.24) is 0 Å². The van der Waals surface area contributed by atoms with Gasteiger partial charge in [0, 0.05) is 7.05 Å². The Morgan fingerprint density at radius 2 is 1.19 bits per heavy atom. The number of hydrogen-bond donors (Lipinski definition) is 0. The zero-order chi connectivity index (χ0) is 18.1. The first kappa shape index (κ1) is 17.1. The molecule has 3 heteroatoms. The zero-order valence-electron chi connectivity index (χ0n) is 15.7. The predicted octanol–water partition coefficient (Wildman–Crippen LogP) is 4.54. The molecule has 1 atom stereocenters. The van der Waals surface area contributed by atoms with E-state index in [0.717, 1.165) is 6.29 Å². The Balaban J connectivity index is 1.80. The molecule has 0 aliphatic carbocycles. The molecular formula is C23H26N2P+. The molecule has 4 rings (SSSR count). The number of nitrogens with zero attached hydrogens (tertiary/aromatic N) is 2. The van der Waals surface area contributed by atoms with Crippen LogP contribution in [0.15, 0.2) is 84.9 Å². The van der Waals surface area contributed by atoms with Crippen molar-refractivity contribution in [3.8, 4) is 0 Å². The molecule has 0 radical (unpaired) electrons. The summed E-state index contributed by atoms with van der Waals surface area (Å²) in [6.07, 6.45) is 1.41. The van der Waals surface area contributed by atoms with Crippen LogP contribution in [0.1, 0.15) is 6.92 Å². The normalized spacial score (nSPS) is 16.7. The SMILES string of the molecule is CC1N(C)c2ccccc2N1C[P+](C)(c1ccccc1)c1ccccc1. The number of anilines is 2. The van der Waals surface area contributed by atoms with Gasteiger partial charge in [-0.3, -0.25) is 0 Å². The molecule has 26 heavy (non-hydrogen) atoms. The third-order valence-corrected chi connectivity index (χ3v) is 9.42. The minimum Gasteiger partial charge on any atom is -0.353 e. The second-order valence-corrected chi connectivity index (χ2v) is 10.9. The van der Waals surface area contributed by atoms with E-state index in [1.165, 1.54) is 22.0 Å². The van der Waals surface area contributed by atoms with Crippen LogP contribution in [0.2, 0.25) is 0 Å². The van der Waals surface area contributed by atoms with Gasteiger partial charge in [-0.1, -0.05) is 48.5 Å². The van der Waals surface area contributed by atoms with E-state index >= 15 is 0 Å². The molecule has 0 amide bonds. The summed E-state index contributed by atoms with van der Waals surface area (Å²) in [7, 11) is 0.655. The van der Waals surface area contributed by atoms with Crippen molar-refractivity contribution in [2.24, 2.45) is 0 Å². The van der Waals surface area contributed by atoms with Crippen LogP contribution >= 0.6 is 7.26 Å². The van der Waals surface area contributed by atoms with Crippen molar-refractivity contribution >= 4 is 29.2 Å². The van der Waals surface area contributed by atoms with E-state index in [1.54, 1.807) is 0 Å². The van der Waals surface area contributed by atoms with Gasteiger partial charge in [0.15, 0.2) is 0 Å². The highest BCUT2D eigenvalue weighted by molar-refractivity contribution is 7.89. The first-order valence-corrected chi connectivity index (χ1v) is 11.6. The molecule has 0 bridgehead atoms. The maximum absolute atomic E-state index is 2.59. The van der Waals surface area contributed by atoms with Gasteiger partial charge in [-0.2, -0.15) is 0 Å². The first-order valence-electron chi connectivity index (χ1n) is 9.16. The molecule has 1 aliphatic rings. The summed E-state index contributed by atoms with van der Waals surface area (Å²) in [6.45, 7) is 4.78. The maximum atomic E-state index is 2.59. The Morgan fingerprint density at radius 1 is 0.731 bits per heavy atom. The molecule has 0 spiro atoms. The summed E-state index contributed by atoms with van der Waals surface area (Å²) in [5.74, 6) is 0. The average molecular weight is 361 g/mol. The molecule has 0 saturated carbocycles. The van der Waals surface area contributed by atoms with Gasteiger partial charge in [-0.25, -0.2) is 0 Å². The average Bonchev–Trinajstić information content (AvgIpc) is 2.94. The molecule has 0 N–H and O–H groups in total. The Bertz CT molecular complexity index is 839. The molecule has 0 aromatic heterocycles. The molecule has 1 unspecified atom stereocenters. The largest absolute Gasteiger partial charge is 0.353 e. The topological polar surface area (TPSA) is 6.48 Å². The number of fused-ring (bicyclic) bond motifs is 1. The molecular weight excluding hydrogens is 335 g/mol. The molecule has 132 valence electrons. The predicted molar refractivity (Wildman–Crippen MR) is 117 cm³/mol. The van der Waals surface area contributed by atoms with Gasteiger partial charge in [0.05, 0.1) is 25.3 Å². The summed E-state index contributed by atoms with van der Waals surface area (Å²) < 4.78 is 0. The van der Waals surface area contributed by atoms with Crippen LogP contribution in [-0.4, -0.2) is 26.2 Å². The zero-order valence-corrected chi connectivity index (χ0v) is 16.6. The third-order valence-electron chi connectivity index (χ3n) is 5.67. The minimum absolute atomic E-state index is 0.360. The van der Waals surface area contributed by atoms with Crippen LogP contribution in [0.4, 0.5) is 11.4 Å². The van der Waals surface area contributed by atoms with Crippen molar-refractivity contribution in [2.75, 3.05) is 29.8 Å². The molecule has 1 heterocycles. The van der Waals surface area contributed by atoms with Crippen LogP contribution < -0.4 is 20.4 Å². The number of benzene rings is 3. The number of rotatable bonds is 4. The summed E-state index contributed by atoms with van der Waals surface area (Å²) in [4.78, 5) is 4.97. The van der Waals surface area contributed by atoms with Crippen LogP contribution in [0.5, 0.6) is 0 Å². The lowest BCUT2D eigenvalue weighted by atomic mass is 10.3. The fourth-order valence-electron chi connectivity index (χ4n) is 3.94. The Hall–Kier alpha value is -2.31. The van der Waals surface area contributed by atoms with Crippen LogP contribution in [0, 0.1) is 0 Å². The lowest BCUT2D eigenvalue weighted by Crippen LogP contribution is -2.42. The van der Waals surface area contributed by atoms with Crippen LogP contribution in [0.3, 0.4) is 0 Å². The van der Waals surface area contributed by atoms with E-state index in [2.05, 4.69) is 115 Å². The van der Waals surface area contributed by atoms with Gasteiger partial charge >= 0.3 is 0 Å². The van der Waals surface area contributed by atoms with Gasteiger partial charge < -0.3 is 9.80 Å². The van der Waals surface area contributed by atoms with Crippen molar-refractivity contribution in [3.05, 3.63) is 84.9 Å². The molecule has 3 aromatic carbocycles. The van der Waals surface area contributed by atoms with Crippen LogP contribution in [0.25, 0.3) is 0 Å². The summed E-state index contributed by atoms with van der Waals surface area (Å²) in [5, 5.41) is 2.93. The second kappa shape index (κ2) is 6.78. The lowest BCUT2D eigenvalue weighted by Gasteiger charge is -2.33. The second-order valence-electron chi connectivity index (χ2n) is 7.21. The Morgan fingerprint density at radius 3 is 1.73 bits per heavy atom. The van der Waals surface area contributed by atoms with Crippen molar-refractivity contribution < 1.29 is 0 Å². The van der Waals surface area contributed by atoms with Gasteiger partial charge in [0.2, 0.25) is 0 Å². The molecule has 1 aliphatic heterocycles. The van der Waals surface area contributed by atoms with E-state index in [-0.39, 0.29) is 0 Å².